The number of piperidine rings is 1. The molecule has 2 amide bonds. The standard InChI is InChI=1S/C20H32N6O2/c1-24(17-5-3-2-4-6-17)13-16-14-26(23-22-16)18-7-9-25(10-8-18)20(28)15-11-19(27)21-12-15/h14-15,17-18H,2-13H2,1H3,(H,21,27). The van der Waals surface area contributed by atoms with E-state index in [2.05, 4.69) is 33.8 Å². The molecule has 2 saturated heterocycles. The summed E-state index contributed by atoms with van der Waals surface area (Å²) in [6, 6.07) is 0.971. The van der Waals surface area contributed by atoms with Crippen molar-refractivity contribution in [2.45, 2.75) is 70.0 Å². The Balaban J connectivity index is 1.27. The Labute approximate surface area is 166 Å². The molecule has 154 valence electrons. The molecule has 28 heavy (non-hydrogen) atoms. The molecule has 2 aliphatic heterocycles. The number of amides is 2. The first kappa shape index (κ1) is 19.4. The number of nitrogens with zero attached hydrogens (tertiary/aromatic N) is 5. The van der Waals surface area contributed by atoms with Gasteiger partial charge in [-0.3, -0.25) is 14.5 Å². The second-order valence-corrected chi connectivity index (χ2v) is 8.66. The third-order valence-electron chi connectivity index (χ3n) is 6.64. The van der Waals surface area contributed by atoms with Crippen LogP contribution in [0.15, 0.2) is 6.20 Å². The number of carbonyl (C=O) groups excluding carboxylic acids is 2. The molecule has 1 aromatic rings. The molecule has 0 radical (unpaired) electrons. The summed E-state index contributed by atoms with van der Waals surface area (Å²) in [5.41, 5.74) is 1.03. The maximum Gasteiger partial charge on any atom is 0.227 e. The van der Waals surface area contributed by atoms with E-state index >= 15 is 0 Å². The van der Waals surface area contributed by atoms with Crippen LogP contribution in [0.2, 0.25) is 0 Å². The minimum absolute atomic E-state index is 0.0124. The summed E-state index contributed by atoms with van der Waals surface area (Å²) in [6.45, 7) is 2.79. The average molecular weight is 389 g/mol. The van der Waals surface area contributed by atoms with Crippen LogP contribution < -0.4 is 5.32 Å². The van der Waals surface area contributed by atoms with Gasteiger partial charge in [-0.2, -0.15) is 0 Å². The van der Waals surface area contributed by atoms with Gasteiger partial charge in [0.25, 0.3) is 0 Å². The first-order chi connectivity index (χ1) is 13.6. The fourth-order valence-electron chi connectivity index (χ4n) is 4.86. The summed E-state index contributed by atoms with van der Waals surface area (Å²) in [5.74, 6) is -0.0795. The van der Waals surface area contributed by atoms with Crippen LogP contribution in [-0.2, 0) is 16.1 Å². The number of hydrogen-bond acceptors (Lipinski definition) is 5. The smallest absolute Gasteiger partial charge is 0.227 e. The summed E-state index contributed by atoms with van der Waals surface area (Å²) in [7, 11) is 2.20. The Morgan fingerprint density at radius 1 is 1.21 bits per heavy atom. The van der Waals surface area contributed by atoms with Crippen molar-refractivity contribution in [1.29, 1.82) is 0 Å². The second-order valence-electron chi connectivity index (χ2n) is 8.66. The Kier molecular flexibility index (Phi) is 5.94. The van der Waals surface area contributed by atoms with Crippen molar-refractivity contribution in [3.05, 3.63) is 11.9 Å². The van der Waals surface area contributed by atoms with Gasteiger partial charge in [0.05, 0.1) is 23.9 Å². The topological polar surface area (TPSA) is 83.4 Å². The Morgan fingerprint density at radius 2 is 1.96 bits per heavy atom. The van der Waals surface area contributed by atoms with Crippen LogP contribution in [-0.4, -0.2) is 69.3 Å². The molecule has 1 N–H and O–H groups in total. The number of likely N-dealkylation sites (tertiary alicyclic amines) is 1. The molecule has 1 unspecified atom stereocenters. The number of nitrogens with one attached hydrogen (secondary N) is 1. The predicted octanol–water partition coefficient (Wildman–Crippen LogP) is 1.34. The van der Waals surface area contributed by atoms with Gasteiger partial charge in [0.2, 0.25) is 11.8 Å². The zero-order valence-electron chi connectivity index (χ0n) is 16.8. The summed E-state index contributed by atoms with van der Waals surface area (Å²) < 4.78 is 1.99. The van der Waals surface area contributed by atoms with Gasteiger partial charge >= 0.3 is 0 Å². The molecule has 3 heterocycles. The Bertz CT molecular complexity index is 691. The third kappa shape index (κ3) is 4.37. The van der Waals surface area contributed by atoms with Crippen molar-refractivity contribution in [3.8, 4) is 0 Å². The maximum atomic E-state index is 12.6. The summed E-state index contributed by atoms with van der Waals surface area (Å²) in [5, 5.41) is 11.5. The number of hydrogen-bond donors (Lipinski definition) is 1. The molecule has 3 fully saturated rings. The molecular formula is C20H32N6O2. The first-order valence-electron chi connectivity index (χ1n) is 10.8. The molecule has 1 aliphatic carbocycles. The summed E-state index contributed by atoms with van der Waals surface area (Å²) in [6.07, 6.45) is 10.8. The van der Waals surface area contributed by atoms with E-state index in [-0.39, 0.29) is 17.7 Å². The SMILES string of the molecule is CN(Cc1cn(C2CCN(C(=O)C3CNC(=O)C3)CC2)nn1)C1CCCCC1. The lowest BCUT2D eigenvalue weighted by Gasteiger charge is -2.33. The fourth-order valence-corrected chi connectivity index (χ4v) is 4.86. The highest BCUT2D eigenvalue weighted by Gasteiger charge is 2.33. The lowest BCUT2D eigenvalue weighted by Crippen LogP contribution is -2.42. The minimum Gasteiger partial charge on any atom is -0.355 e. The van der Waals surface area contributed by atoms with Crippen molar-refractivity contribution in [2.75, 3.05) is 26.7 Å². The molecular weight excluding hydrogens is 356 g/mol. The minimum atomic E-state index is -0.183. The molecule has 0 bridgehead atoms. The van der Waals surface area contributed by atoms with E-state index in [0.717, 1.165) is 38.2 Å². The molecule has 8 nitrogen and oxygen atoms in total. The van der Waals surface area contributed by atoms with E-state index in [0.29, 0.717) is 25.0 Å². The zero-order valence-corrected chi connectivity index (χ0v) is 16.8. The number of carbonyl (C=O) groups is 2. The first-order valence-corrected chi connectivity index (χ1v) is 10.8. The van der Waals surface area contributed by atoms with Crippen LogP contribution in [0.1, 0.15) is 63.1 Å². The van der Waals surface area contributed by atoms with Crippen molar-refractivity contribution >= 4 is 11.8 Å². The van der Waals surface area contributed by atoms with Gasteiger partial charge in [0.15, 0.2) is 0 Å². The maximum absolute atomic E-state index is 12.6. The normalized spacial score (nSPS) is 24.7. The van der Waals surface area contributed by atoms with Crippen LogP contribution in [0.3, 0.4) is 0 Å². The van der Waals surface area contributed by atoms with Crippen molar-refractivity contribution in [1.82, 2.24) is 30.1 Å². The van der Waals surface area contributed by atoms with Crippen LogP contribution in [0, 0.1) is 5.92 Å². The lowest BCUT2D eigenvalue weighted by molar-refractivity contribution is -0.137. The zero-order chi connectivity index (χ0) is 19.5. The van der Waals surface area contributed by atoms with Crippen molar-refractivity contribution in [3.63, 3.8) is 0 Å². The molecule has 3 aliphatic rings. The van der Waals surface area contributed by atoms with E-state index in [4.69, 9.17) is 0 Å². The summed E-state index contributed by atoms with van der Waals surface area (Å²) in [4.78, 5) is 28.2. The average Bonchev–Trinajstić information content (AvgIpc) is 3.37. The molecule has 0 aromatic carbocycles. The Hall–Kier alpha value is -1.96. The van der Waals surface area contributed by atoms with Gasteiger partial charge in [-0.05, 0) is 32.7 Å². The second kappa shape index (κ2) is 8.59. The summed E-state index contributed by atoms with van der Waals surface area (Å²) >= 11 is 0. The lowest BCUT2D eigenvalue weighted by atomic mass is 9.94. The van der Waals surface area contributed by atoms with Crippen molar-refractivity contribution in [2.24, 2.45) is 5.92 Å². The molecule has 1 aromatic heterocycles. The molecule has 8 heteroatoms. The van der Waals surface area contributed by atoms with Crippen LogP contribution in [0.5, 0.6) is 0 Å². The third-order valence-corrected chi connectivity index (χ3v) is 6.64. The molecule has 0 spiro atoms. The van der Waals surface area contributed by atoms with Gasteiger partial charge in [0, 0.05) is 38.6 Å². The van der Waals surface area contributed by atoms with Crippen LogP contribution >= 0.6 is 0 Å². The monoisotopic (exact) mass is 388 g/mol. The number of aromatic nitrogens is 3. The van der Waals surface area contributed by atoms with Gasteiger partial charge < -0.3 is 10.2 Å². The van der Waals surface area contributed by atoms with Gasteiger partial charge in [0.1, 0.15) is 0 Å². The van der Waals surface area contributed by atoms with Crippen molar-refractivity contribution < 1.29 is 9.59 Å². The van der Waals surface area contributed by atoms with Gasteiger partial charge in [-0.25, -0.2) is 4.68 Å². The van der Waals surface area contributed by atoms with E-state index < -0.39 is 0 Å². The highest BCUT2D eigenvalue weighted by molar-refractivity contribution is 5.89. The van der Waals surface area contributed by atoms with Gasteiger partial charge in [-0.15, -0.1) is 5.10 Å². The largest absolute Gasteiger partial charge is 0.355 e. The highest BCUT2D eigenvalue weighted by Crippen LogP contribution is 2.25. The van der Waals surface area contributed by atoms with Crippen LogP contribution in [0.4, 0.5) is 0 Å². The molecule has 1 atom stereocenters. The van der Waals surface area contributed by atoms with E-state index in [1.165, 1.54) is 32.1 Å². The highest BCUT2D eigenvalue weighted by atomic mass is 16.2. The van der Waals surface area contributed by atoms with E-state index in [1.807, 2.05) is 9.58 Å². The van der Waals surface area contributed by atoms with Gasteiger partial charge in [-0.1, -0.05) is 24.5 Å². The van der Waals surface area contributed by atoms with E-state index in [9.17, 15) is 9.59 Å². The van der Waals surface area contributed by atoms with Crippen LogP contribution in [0.25, 0.3) is 0 Å². The Morgan fingerprint density at radius 3 is 2.64 bits per heavy atom. The quantitative estimate of drug-likeness (QED) is 0.823. The predicted molar refractivity (Wildman–Crippen MR) is 104 cm³/mol. The number of rotatable bonds is 5. The fraction of sp³-hybridized carbons (Fsp3) is 0.800. The molecule has 1 saturated carbocycles. The molecule has 4 rings (SSSR count). The van der Waals surface area contributed by atoms with E-state index in [1.54, 1.807) is 0 Å².